The third kappa shape index (κ3) is 3.52. The molecule has 1 N–H and O–H groups in total. The molecule has 0 fully saturated rings. The van der Waals surface area contributed by atoms with Crippen molar-refractivity contribution in [3.63, 3.8) is 0 Å². The molecule has 0 saturated heterocycles. The fourth-order valence-corrected chi connectivity index (χ4v) is 2.13. The number of aromatic nitrogens is 1. The van der Waals surface area contributed by atoms with E-state index in [1.807, 2.05) is 6.07 Å². The van der Waals surface area contributed by atoms with Crippen LogP contribution in [0.4, 0.5) is 5.69 Å². The van der Waals surface area contributed by atoms with Crippen molar-refractivity contribution in [1.29, 1.82) is 0 Å². The number of ether oxygens (including phenoxy) is 1. The Hall–Kier alpha value is -3.22. The van der Waals surface area contributed by atoms with Crippen molar-refractivity contribution in [2.45, 2.75) is 0 Å². The molecular weight excluding hydrogens is 296 g/mol. The van der Waals surface area contributed by atoms with Gasteiger partial charge in [0.1, 0.15) is 12.3 Å². The summed E-state index contributed by atoms with van der Waals surface area (Å²) in [5, 5.41) is 3.87. The zero-order valence-corrected chi connectivity index (χ0v) is 12.2. The number of rotatable bonds is 4. The highest BCUT2D eigenvalue weighted by Gasteiger charge is 2.26. The van der Waals surface area contributed by atoms with Gasteiger partial charge in [-0.1, -0.05) is 12.1 Å². The summed E-state index contributed by atoms with van der Waals surface area (Å²) >= 11 is 0. The van der Waals surface area contributed by atoms with Gasteiger partial charge in [-0.3, -0.25) is 19.5 Å². The third-order valence-corrected chi connectivity index (χ3v) is 3.22. The number of hydrogen-bond acceptors (Lipinski definition) is 5. The molecule has 1 aliphatic heterocycles. The van der Waals surface area contributed by atoms with Crippen molar-refractivity contribution < 1.29 is 14.3 Å². The molecule has 0 spiro atoms. The van der Waals surface area contributed by atoms with Crippen molar-refractivity contribution in [1.82, 2.24) is 10.4 Å². The van der Waals surface area contributed by atoms with E-state index in [1.54, 1.807) is 42.7 Å². The molecule has 2 heterocycles. The lowest BCUT2D eigenvalue weighted by Crippen LogP contribution is -2.44. The number of pyridine rings is 1. The summed E-state index contributed by atoms with van der Waals surface area (Å²) in [5.41, 5.74) is 3.80. The number of nitrogens with zero attached hydrogens (tertiary/aromatic N) is 3. The van der Waals surface area contributed by atoms with E-state index in [2.05, 4.69) is 15.5 Å². The standard InChI is InChI=1S/C16H14N4O3/c21-15(19-18-9-12-5-7-17-8-6-12)10-20-13-3-1-2-4-14(13)23-11-16(20)22/h1-9H,10-11H2,(H,19,21)/b18-9-. The maximum Gasteiger partial charge on any atom is 0.265 e. The molecule has 0 atom stereocenters. The Labute approximate surface area is 132 Å². The number of hydrazone groups is 1. The molecule has 1 aromatic carbocycles. The molecule has 0 aliphatic carbocycles. The minimum Gasteiger partial charge on any atom is -0.482 e. The lowest BCUT2D eigenvalue weighted by Gasteiger charge is -2.28. The first kappa shape index (κ1) is 14.7. The lowest BCUT2D eigenvalue weighted by atomic mass is 10.2. The quantitative estimate of drug-likeness (QED) is 0.673. The Morgan fingerprint density at radius 3 is 2.91 bits per heavy atom. The summed E-state index contributed by atoms with van der Waals surface area (Å²) in [5.74, 6) is -0.0718. The van der Waals surface area contributed by atoms with Crippen LogP contribution in [0.1, 0.15) is 5.56 Å². The highest BCUT2D eigenvalue weighted by Crippen LogP contribution is 2.30. The van der Waals surface area contributed by atoms with Crippen LogP contribution in [-0.4, -0.2) is 36.2 Å². The van der Waals surface area contributed by atoms with Gasteiger partial charge in [-0.05, 0) is 29.8 Å². The zero-order chi connectivity index (χ0) is 16.1. The maximum absolute atomic E-state index is 12.0. The van der Waals surface area contributed by atoms with Crippen molar-refractivity contribution in [2.75, 3.05) is 18.1 Å². The van der Waals surface area contributed by atoms with E-state index in [-0.39, 0.29) is 25.0 Å². The van der Waals surface area contributed by atoms with E-state index in [1.165, 1.54) is 11.1 Å². The van der Waals surface area contributed by atoms with Crippen molar-refractivity contribution in [3.8, 4) is 5.75 Å². The second kappa shape index (κ2) is 6.69. The summed E-state index contributed by atoms with van der Waals surface area (Å²) in [6.45, 7) is -0.197. The van der Waals surface area contributed by atoms with Gasteiger partial charge in [0.15, 0.2) is 6.61 Å². The van der Waals surface area contributed by atoms with Gasteiger partial charge in [0, 0.05) is 12.4 Å². The Balaban J connectivity index is 1.64. The molecule has 7 heteroatoms. The molecule has 0 saturated carbocycles. The predicted molar refractivity (Wildman–Crippen MR) is 84.3 cm³/mol. The predicted octanol–water partition coefficient (Wildman–Crippen LogP) is 0.957. The minimum absolute atomic E-state index is 0.0788. The number of carbonyl (C=O) groups excluding carboxylic acids is 2. The summed E-state index contributed by atoms with van der Waals surface area (Å²) < 4.78 is 5.33. The fourth-order valence-electron chi connectivity index (χ4n) is 2.13. The number of amides is 2. The molecule has 0 radical (unpaired) electrons. The second-order valence-corrected chi connectivity index (χ2v) is 4.81. The molecular formula is C16H14N4O3. The fraction of sp³-hybridized carbons (Fsp3) is 0.125. The highest BCUT2D eigenvalue weighted by molar-refractivity contribution is 6.02. The van der Waals surface area contributed by atoms with Crippen LogP contribution in [-0.2, 0) is 9.59 Å². The Morgan fingerprint density at radius 2 is 2.09 bits per heavy atom. The van der Waals surface area contributed by atoms with Crippen molar-refractivity contribution in [3.05, 3.63) is 54.4 Å². The van der Waals surface area contributed by atoms with E-state index in [4.69, 9.17) is 4.74 Å². The number of anilines is 1. The van der Waals surface area contributed by atoms with Gasteiger partial charge >= 0.3 is 0 Å². The Kier molecular flexibility index (Phi) is 4.28. The average molecular weight is 310 g/mol. The molecule has 3 rings (SSSR count). The van der Waals surface area contributed by atoms with E-state index in [0.717, 1.165) is 5.56 Å². The van der Waals surface area contributed by atoms with Crippen LogP contribution >= 0.6 is 0 Å². The second-order valence-electron chi connectivity index (χ2n) is 4.81. The van der Waals surface area contributed by atoms with Gasteiger partial charge in [0.25, 0.3) is 11.8 Å². The molecule has 7 nitrogen and oxygen atoms in total. The van der Waals surface area contributed by atoms with E-state index in [0.29, 0.717) is 11.4 Å². The van der Waals surface area contributed by atoms with Gasteiger partial charge in [-0.25, -0.2) is 5.43 Å². The van der Waals surface area contributed by atoms with Gasteiger partial charge < -0.3 is 4.74 Å². The molecule has 2 amide bonds. The Morgan fingerprint density at radius 1 is 1.30 bits per heavy atom. The van der Waals surface area contributed by atoms with Gasteiger partial charge in [-0.2, -0.15) is 5.10 Å². The monoisotopic (exact) mass is 310 g/mol. The summed E-state index contributed by atoms with van der Waals surface area (Å²) in [6, 6.07) is 10.6. The average Bonchev–Trinajstić information content (AvgIpc) is 2.58. The molecule has 116 valence electrons. The molecule has 0 unspecified atom stereocenters. The van der Waals surface area contributed by atoms with Crippen LogP contribution in [0, 0.1) is 0 Å². The van der Waals surface area contributed by atoms with Gasteiger partial charge in [-0.15, -0.1) is 0 Å². The van der Waals surface area contributed by atoms with Crippen LogP contribution in [0.3, 0.4) is 0 Å². The lowest BCUT2D eigenvalue weighted by molar-refractivity contribution is -0.125. The largest absolute Gasteiger partial charge is 0.482 e. The van der Waals surface area contributed by atoms with E-state index < -0.39 is 0 Å². The molecule has 1 aromatic heterocycles. The van der Waals surface area contributed by atoms with Crippen LogP contribution in [0.2, 0.25) is 0 Å². The van der Waals surface area contributed by atoms with E-state index >= 15 is 0 Å². The summed E-state index contributed by atoms with van der Waals surface area (Å²) in [6.07, 6.45) is 4.77. The maximum atomic E-state index is 12.0. The topological polar surface area (TPSA) is 83.9 Å². The van der Waals surface area contributed by atoms with Gasteiger partial charge in [0.05, 0.1) is 11.9 Å². The first-order valence-corrected chi connectivity index (χ1v) is 6.98. The first-order valence-electron chi connectivity index (χ1n) is 6.98. The normalized spacial score (nSPS) is 13.6. The number of fused-ring (bicyclic) bond motifs is 1. The third-order valence-electron chi connectivity index (χ3n) is 3.22. The van der Waals surface area contributed by atoms with E-state index in [9.17, 15) is 9.59 Å². The van der Waals surface area contributed by atoms with Crippen molar-refractivity contribution in [2.24, 2.45) is 5.10 Å². The zero-order valence-electron chi connectivity index (χ0n) is 12.2. The van der Waals surface area contributed by atoms with Gasteiger partial charge in [0.2, 0.25) is 0 Å². The highest BCUT2D eigenvalue weighted by atomic mass is 16.5. The summed E-state index contributed by atoms with van der Waals surface area (Å²) in [4.78, 5) is 29.2. The first-order chi connectivity index (χ1) is 11.2. The van der Waals surface area contributed by atoms with Crippen LogP contribution < -0.4 is 15.1 Å². The number of carbonyl (C=O) groups is 2. The molecule has 1 aliphatic rings. The Bertz CT molecular complexity index is 746. The minimum atomic E-state index is -0.389. The summed E-state index contributed by atoms with van der Waals surface area (Å²) in [7, 11) is 0. The van der Waals surface area contributed by atoms with Crippen LogP contribution in [0.15, 0.2) is 53.9 Å². The number of hydrogen-bond donors (Lipinski definition) is 1. The number of benzene rings is 1. The molecule has 2 aromatic rings. The number of para-hydroxylation sites is 2. The number of nitrogens with one attached hydrogen (secondary N) is 1. The van der Waals surface area contributed by atoms with Crippen LogP contribution in [0.25, 0.3) is 0 Å². The smallest absolute Gasteiger partial charge is 0.265 e. The SMILES string of the molecule is O=C(CN1C(=O)COc2ccccc21)N/N=C\c1ccncc1. The van der Waals surface area contributed by atoms with Crippen molar-refractivity contribution >= 4 is 23.7 Å². The van der Waals surface area contributed by atoms with Crippen LogP contribution in [0.5, 0.6) is 5.75 Å². The molecule has 23 heavy (non-hydrogen) atoms. The molecule has 0 bridgehead atoms.